The second-order valence-corrected chi connectivity index (χ2v) is 8.01. The molecule has 4 rings (SSSR count). The van der Waals surface area contributed by atoms with Crippen molar-refractivity contribution < 1.29 is 9.59 Å². The summed E-state index contributed by atoms with van der Waals surface area (Å²) in [5.41, 5.74) is 2.77. The summed E-state index contributed by atoms with van der Waals surface area (Å²) < 4.78 is 0. The van der Waals surface area contributed by atoms with Crippen molar-refractivity contribution in [1.82, 2.24) is 10.3 Å². The molecule has 2 aliphatic rings. The molecule has 1 spiro atoms. The number of anilines is 2. The standard InChI is InChI=1S/C19H22N4O2S/c1-12(24)21-14-4-2-13(3-5-14)16-11-26-18(22-16)23-17(25)15-10-19(15)6-8-20-9-7-19/h2-5,11,15,20H,6-10H2,1H3,(H,21,24)(H,22,23,25). The summed E-state index contributed by atoms with van der Waals surface area (Å²) in [7, 11) is 0. The Bertz CT molecular complexity index is 824. The first-order valence-electron chi connectivity index (χ1n) is 8.91. The number of amides is 2. The molecule has 1 aromatic carbocycles. The Kier molecular flexibility index (Phi) is 4.50. The van der Waals surface area contributed by atoms with Crippen molar-refractivity contribution >= 4 is 34.0 Å². The molecular weight excluding hydrogens is 348 g/mol. The van der Waals surface area contributed by atoms with Crippen molar-refractivity contribution in [2.75, 3.05) is 23.7 Å². The monoisotopic (exact) mass is 370 g/mol. The van der Waals surface area contributed by atoms with E-state index in [1.165, 1.54) is 18.3 Å². The second-order valence-electron chi connectivity index (χ2n) is 7.15. The topological polar surface area (TPSA) is 83.1 Å². The first-order chi connectivity index (χ1) is 12.6. The van der Waals surface area contributed by atoms with Crippen molar-refractivity contribution in [2.45, 2.75) is 26.2 Å². The first kappa shape index (κ1) is 17.2. The SMILES string of the molecule is CC(=O)Nc1ccc(-c2csc(NC(=O)C3CC34CCNCC4)n2)cc1. The lowest BCUT2D eigenvalue weighted by atomic mass is 9.92. The molecule has 1 aliphatic carbocycles. The molecule has 3 N–H and O–H groups in total. The van der Waals surface area contributed by atoms with Gasteiger partial charge in [0.25, 0.3) is 0 Å². The zero-order valence-electron chi connectivity index (χ0n) is 14.7. The van der Waals surface area contributed by atoms with Gasteiger partial charge >= 0.3 is 0 Å². The summed E-state index contributed by atoms with van der Waals surface area (Å²) >= 11 is 1.44. The van der Waals surface area contributed by atoms with Gasteiger partial charge in [-0.05, 0) is 49.9 Å². The number of hydrogen-bond acceptors (Lipinski definition) is 5. The molecule has 6 nitrogen and oxygen atoms in total. The number of rotatable bonds is 4. The number of thiazole rings is 1. The summed E-state index contributed by atoms with van der Waals surface area (Å²) in [6.45, 7) is 3.51. The van der Waals surface area contributed by atoms with Gasteiger partial charge in [-0.25, -0.2) is 4.98 Å². The van der Waals surface area contributed by atoms with Crippen LogP contribution in [0, 0.1) is 11.3 Å². The van der Waals surface area contributed by atoms with E-state index in [-0.39, 0.29) is 23.1 Å². The number of carbonyl (C=O) groups excluding carboxylic acids is 2. The molecule has 2 fully saturated rings. The van der Waals surface area contributed by atoms with Gasteiger partial charge in [0, 0.05) is 29.5 Å². The molecule has 7 heteroatoms. The molecule has 1 aromatic heterocycles. The minimum absolute atomic E-state index is 0.0944. The van der Waals surface area contributed by atoms with E-state index in [2.05, 4.69) is 20.9 Å². The fraction of sp³-hybridized carbons (Fsp3) is 0.421. The lowest BCUT2D eigenvalue weighted by molar-refractivity contribution is -0.118. The lowest BCUT2D eigenvalue weighted by Crippen LogP contribution is -2.31. The first-order valence-corrected chi connectivity index (χ1v) is 9.79. The summed E-state index contributed by atoms with van der Waals surface area (Å²) in [4.78, 5) is 28.2. The Morgan fingerprint density at radius 2 is 1.92 bits per heavy atom. The van der Waals surface area contributed by atoms with Gasteiger partial charge in [0.2, 0.25) is 11.8 Å². The zero-order valence-corrected chi connectivity index (χ0v) is 15.5. The Labute approximate surface area is 156 Å². The van der Waals surface area contributed by atoms with Gasteiger partial charge in [0.15, 0.2) is 5.13 Å². The third-order valence-electron chi connectivity index (χ3n) is 5.34. The highest BCUT2D eigenvalue weighted by atomic mass is 32.1. The Balaban J connectivity index is 1.39. The quantitative estimate of drug-likeness (QED) is 0.772. The fourth-order valence-corrected chi connectivity index (χ4v) is 4.50. The molecule has 1 unspecified atom stereocenters. The Morgan fingerprint density at radius 3 is 2.62 bits per heavy atom. The maximum absolute atomic E-state index is 12.5. The van der Waals surface area contributed by atoms with E-state index in [0.29, 0.717) is 5.13 Å². The van der Waals surface area contributed by atoms with Crippen LogP contribution >= 0.6 is 11.3 Å². The molecule has 2 aromatic rings. The van der Waals surface area contributed by atoms with Crippen LogP contribution in [0.5, 0.6) is 0 Å². The second kappa shape index (κ2) is 6.81. The van der Waals surface area contributed by atoms with Crippen LogP contribution in [0.2, 0.25) is 0 Å². The van der Waals surface area contributed by atoms with Crippen molar-refractivity contribution in [3.8, 4) is 11.3 Å². The van der Waals surface area contributed by atoms with Crippen molar-refractivity contribution in [2.24, 2.45) is 11.3 Å². The third kappa shape index (κ3) is 3.50. The fourth-order valence-electron chi connectivity index (χ4n) is 3.78. The van der Waals surface area contributed by atoms with Crippen molar-refractivity contribution in [3.05, 3.63) is 29.6 Å². The summed E-state index contributed by atoms with van der Waals surface area (Å²) in [5, 5.41) is 11.7. The highest BCUT2D eigenvalue weighted by Crippen LogP contribution is 2.58. The van der Waals surface area contributed by atoms with Crippen LogP contribution in [0.4, 0.5) is 10.8 Å². The zero-order chi connectivity index (χ0) is 18.1. The summed E-state index contributed by atoms with van der Waals surface area (Å²) in [6, 6.07) is 7.52. The lowest BCUT2D eigenvalue weighted by Gasteiger charge is -2.22. The third-order valence-corrected chi connectivity index (χ3v) is 6.10. The minimum Gasteiger partial charge on any atom is -0.326 e. The highest BCUT2D eigenvalue weighted by Gasteiger charge is 2.57. The molecule has 1 atom stereocenters. The number of piperidine rings is 1. The molecule has 1 saturated carbocycles. The van der Waals surface area contributed by atoms with Gasteiger partial charge in [-0.3, -0.25) is 9.59 Å². The largest absolute Gasteiger partial charge is 0.326 e. The predicted molar refractivity (Wildman–Crippen MR) is 103 cm³/mol. The van der Waals surface area contributed by atoms with Gasteiger partial charge in [0.1, 0.15) is 0 Å². The molecule has 26 heavy (non-hydrogen) atoms. The highest BCUT2D eigenvalue weighted by molar-refractivity contribution is 7.14. The average molecular weight is 370 g/mol. The molecule has 136 valence electrons. The molecule has 1 aliphatic heterocycles. The number of aromatic nitrogens is 1. The smallest absolute Gasteiger partial charge is 0.229 e. The van der Waals surface area contributed by atoms with Gasteiger partial charge in [-0.1, -0.05) is 12.1 Å². The van der Waals surface area contributed by atoms with Crippen LogP contribution in [0.25, 0.3) is 11.3 Å². The van der Waals surface area contributed by atoms with E-state index >= 15 is 0 Å². The summed E-state index contributed by atoms with van der Waals surface area (Å²) in [6.07, 6.45) is 3.19. The maximum Gasteiger partial charge on any atom is 0.229 e. The molecule has 1 saturated heterocycles. The molecule has 2 amide bonds. The number of carbonyl (C=O) groups is 2. The van der Waals surface area contributed by atoms with Gasteiger partial charge < -0.3 is 16.0 Å². The van der Waals surface area contributed by atoms with Crippen LogP contribution in [-0.2, 0) is 9.59 Å². The van der Waals surface area contributed by atoms with Gasteiger partial charge in [-0.15, -0.1) is 11.3 Å². The van der Waals surface area contributed by atoms with E-state index in [0.717, 1.165) is 49.3 Å². The van der Waals surface area contributed by atoms with E-state index in [9.17, 15) is 9.59 Å². The molecular formula is C19H22N4O2S. The average Bonchev–Trinajstić information content (AvgIpc) is 3.11. The summed E-state index contributed by atoms with van der Waals surface area (Å²) in [5.74, 6) is 0.144. The van der Waals surface area contributed by atoms with Crippen LogP contribution in [0.1, 0.15) is 26.2 Å². The number of benzene rings is 1. The molecule has 0 radical (unpaired) electrons. The van der Waals surface area contributed by atoms with Gasteiger partial charge in [-0.2, -0.15) is 0 Å². The number of nitrogens with zero attached hydrogens (tertiary/aromatic N) is 1. The van der Waals surface area contributed by atoms with E-state index in [4.69, 9.17) is 0 Å². The van der Waals surface area contributed by atoms with Gasteiger partial charge in [0.05, 0.1) is 5.69 Å². The Morgan fingerprint density at radius 1 is 1.19 bits per heavy atom. The predicted octanol–water partition coefficient (Wildman–Crippen LogP) is 3.10. The van der Waals surface area contributed by atoms with Crippen LogP contribution in [0.15, 0.2) is 29.6 Å². The normalized spacial score (nSPS) is 20.6. The van der Waals surface area contributed by atoms with Crippen LogP contribution in [-0.4, -0.2) is 29.9 Å². The van der Waals surface area contributed by atoms with Crippen LogP contribution in [0.3, 0.4) is 0 Å². The van der Waals surface area contributed by atoms with Crippen LogP contribution < -0.4 is 16.0 Å². The molecule has 2 heterocycles. The Hall–Kier alpha value is -2.25. The molecule has 0 bridgehead atoms. The maximum atomic E-state index is 12.5. The van der Waals surface area contributed by atoms with Crippen molar-refractivity contribution in [3.63, 3.8) is 0 Å². The van der Waals surface area contributed by atoms with E-state index in [1.54, 1.807) is 0 Å². The van der Waals surface area contributed by atoms with E-state index in [1.807, 2.05) is 29.6 Å². The van der Waals surface area contributed by atoms with Crippen molar-refractivity contribution in [1.29, 1.82) is 0 Å². The van der Waals surface area contributed by atoms with E-state index < -0.39 is 0 Å². The number of hydrogen-bond donors (Lipinski definition) is 3. The number of nitrogens with one attached hydrogen (secondary N) is 3. The minimum atomic E-state index is -0.0944.